The molecule has 0 aliphatic carbocycles. The normalized spacial score (nSPS) is 14.7. The Morgan fingerprint density at radius 1 is 1.17 bits per heavy atom. The van der Waals surface area contributed by atoms with Crippen molar-refractivity contribution in [3.63, 3.8) is 0 Å². The smallest absolute Gasteiger partial charge is 0.261 e. The topological polar surface area (TPSA) is 84.2 Å². The molecule has 1 amide bonds. The number of benzene rings is 1. The van der Waals surface area contributed by atoms with E-state index in [2.05, 4.69) is 44.7 Å². The van der Waals surface area contributed by atoms with Crippen molar-refractivity contribution < 1.29 is 9.32 Å². The maximum absolute atomic E-state index is 12.7. The Kier molecular flexibility index (Phi) is 5.84. The first-order chi connectivity index (χ1) is 14.2. The first-order valence-electron chi connectivity index (χ1n) is 10.0. The van der Waals surface area contributed by atoms with Crippen LogP contribution in [-0.2, 0) is 11.2 Å². The molecule has 0 atom stereocenters. The summed E-state index contributed by atoms with van der Waals surface area (Å²) in [5.41, 5.74) is 2.07. The summed E-state index contributed by atoms with van der Waals surface area (Å²) in [7, 11) is 0. The van der Waals surface area contributed by atoms with Gasteiger partial charge in [0.25, 0.3) is 5.89 Å². The molecular formula is C22H25N5O2. The van der Waals surface area contributed by atoms with Crippen LogP contribution in [0.1, 0.15) is 24.2 Å². The second-order valence-corrected chi connectivity index (χ2v) is 7.41. The van der Waals surface area contributed by atoms with Crippen LogP contribution in [0.15, 0.2) is 53.2 Å². The Morgan fingerprint density at radius 2 is 1.97 bits per heavy atom. The van der Waals surface area contributed by atoms with E-state index < -0.39 is 0 Å². The molecule has 29 heavy (non-hydrogen) atoms. The molecule has 1 aliphatic heterocycles. The van der Waals surface area contributed by atoms with Crippen LogP contribution in [0.3, 0.4) is 0 Å². The lowest BCUT2D eigenvalue weighted by atomic mass is 9.90. The molecule has 1 fully saturated rings. The number of hydrogen-bond donors (Lipinski definition) is 1. The number of nitrogens with one attached hydrogen (secondary N) is 1. The molecule has 4 rings (SSSR count). The van der Waals surface area contributed by atoms with Gasteiger partial charge in [0.2, 0.25) is 5.91 Å². The van der Waals surface area contributed by atoms with Crippen molar-refractivity contribution in [1.29, 1.82) is 0 Å². The van der Waals surface area contributed by atoms with E-state index in [1.165, 1.54) is 5.56 Å². The summed E-state index contributed by atoms with van der Waals surface area (Å²) in [6.07, 6.45) is 4.84. The van der Waals surface area contributed by atoms with Gasteiger partial charge >= 0.3 is 0 Å². The fraction of sp³-hybridized carbons (Fsp3) is 0.364. The summed E-state index contributed by atoms with van der Waals surface area (Å²) in [5, 5.41) is 6.96. The number of piperidine rings is 1. The minimum absolute atomic E-state index is 0.0847. The van der Waals surface area contributed by atoms with Crippen LogP contribution in [0.2, 0.25) is 0 Å². The number of amides is 1. The highest BCUT2D eigenvalue weighted by Crippen LogP contribution is 2.25. The van der Waals surface area contributed by atoms with Crippen molar-refractivity contribution in [1.82, 2.24) is 20.0 Å². The van der Waals surface area contributed by atoms with Crippen molar-refractivity contribution in [2.24, 2.45) is 5.92 Å². The van der Waals surface area contributed by atoms with Gasteiger partial charge in [0.05, 0.1) is 12.1 Å². The Hall–Kier alpha value is -3.22. The Labute approximate surface area is 170 Å². The molecule has 150 valence electrons. The molecule has 7 nitrogen and oxygen atoms in total. The first-order valence-corrected chi connectivity index (χ1v) is 10.0. The molecule has 7 heteroatoms. The Bertz CT molecular complexity index is 949. The van der Waals surface area contributed by atoms with E-state index in [0.717, 1.165) is 32.4 Å². The number of aryl methyl sites for hydroxylation is 1. The van der Waals surface area contributed by atoms with E-state index in [1.807, 2.05) is 17.0 Å². The fourth-order valence-corrected chi connectivity index (χ4v) is 3.73. The van der Waals surface area contributed by atoms with Gasteiger partial charge in [-0.1, -0.05) is 35.5 Å². The van der Waals surface area contributed by atoms with Crippen molar-refractivity contribution in [3.8, 4) is 11.5 Å². The third-order valence-electron chi connectivity index (χ3n) is 5.31. The van der Waals surface area contributed by atoms with Gasteiger partial charge in [0.1, 0.15) is 5.82 Å². The van der Waals surface area contributed by atoms with Gasteiger partial charge in [-0.25, -0.2) is 4.98 Å². The third kappa shape index (κ3) is 4.80. The van der Waals surface area contributed by atoms with Gasteiger partial charge in [-0.3, -0.25) is 4.79 Å². The highest BCUT2D eigenvalue weighted by atomic mass is 16.5. The van der Waals surface area contributed by atoms with Crippen molar-refractivity contribution >= 4 is 11.7 Å². The van der Waals surface area contributed by atoms with Crippen molar-refractivity contribution in [2.75, 3.05) is 25.0 Å². The zero-order valence-corrected chi connectivity index (χ0v) is 16.5. The van der Waals surface area contributed by atoms with Crippen molar-refractivity contribution in [3.05, 3.63) is 60.0 Å². The average molecular weight is 391 g/mol. The molecule has 1 saturated heterocycles. The van der Waals surface area contributed by atoms with Crippen LogP contribution < -0.4 is 5.32 Å². The summed E-state index contributed by atoms with van der Waals surface area (Å²) in [6.45, 7) is 3.56. The molecule has 0 radical (unpaired) electrons. The zero-order chi connectivity index (χ0) is 20.1. The molecule has 0 saturated carbocycles. The lowest BCUT2D eigenvalue weighted by Gasteiger charge is -2.32. The van der Waals surface area contributed by atoms with E-state index in [-0.39, 0.29) is 12.5 Å². The SMILES string of the molecule is Cc1noc(-c2cccnc2NCC(=O)N2CCC(Cc3ccccc3)CC2)n1. The lowest BCUT2D eigenvalue weighted by Crippen LogP contribution is -2.41. The van der Waals surface area contributed by atoms with E-state index >= 15 is 0 Å². The van der Waals surface area contributed by atoms with E-state index in [9.17, 15) is 4.79 Å². The van der Waals surface area contributed by atoms with E-state index in [4.69, 9.17) is 4.52 Å². The highest BCUT2D eigenvalue weighted by Gasteiger charge is 2.23. The van der Waals surface area contributed by atoms with Crippen LogP contribution in [0.25, 0.3) is 11.5 Å². The molecule has 3 heterocycles. The van der Waals surface area contributed by atoms with Gasteiger partial charge in [-0.2, -0.15) is 4.98 Å². The quantitative estimate of drug-likeness (QED) is 0.694. The number of carbonyl (C=O) groups is 1. The van der Waals surface area contributed by atoms with Crippen LogP contribution in [0, 0.1) is 12.8 Å². The monoisotopic (exact) mass is 391 g/mol. The maximum Gasteiger partial charge on any atom is 0.261 e. The predicted octanol–water partition coefficient (Wildman–Crippen LogP) is 3.33. The van der Waals surface area contributed by atoms with Gasteiger partial charge in [-0.15, -0.1) is 0 Å². The number of carbonyl (C=O) groups excluding carboxylic acids is 1. The second kappa shape index (κ2) is 8.86. The Morgan fingerprint density at radius 3 is 2.69 bits per heavy atom. The molecule has 3 aromatic rings. The molecular weight excluding hydrogens is 366 g/mol. The molecule has 1 aromatic carbocycles. The molecule has 2 aromatic heterocycles. The number of hydrogen-bond acceptors (Lipinski definition) is 6. The van der Waals surface area contributed by atoms with Crippen molar-refractivity contribution in [2.45, 2.75) is 26.2 Å². The molecule has 0 bridgehead atoms. The second-order valence-electron chi connectivity index (χ2n) is 7.41. The van der Waals surface area contributed by atoms with Crippen LogP contribution in [-0.4, -0.2) is 45.6 Å². The fourth-order valence-electron chi connectivity index (χ4n) is 3.73. The average Bonchev–Trinajstić information content (AvgIpc) is 3.19. The highest BCUT2D eigenvalue weighted by molar-refractivity contribution is 5.82. The van der Waals surface area contributed by atoms with E-state index in [1.54, 1.807) is 19.2 Å². The van der Waals surface area contributed by atoms with Crippen LogP contribution in [0.4, 0.5) is 5.82 Å². The largest absolute Gasteiger partial charge is 0.360 e. The minimum Gasteiger partial charge on any atom is -0.360 e. The van der Waals surface area contributed by atoms with Gasteiger partial charge in [0.15, 0.2) is 5.82 Å². The summed E-state index contributed by atoms with van der Waals surface area (Å²) < 4.78 is 5.24. The summed E-state index contributed by atoms with van der Waals surface area (Å²) in [6, 6.07) is 14.2. The van der Waals surface area contributed by atoms with Gasteiger partial charge in [0, 0.05) is 19.3 Å². The maximum atomic E-state index is 12.7. The zero-order valence-electron chi connectivity index (χ0n) is 16.5. The molecule has 1 aliphatic rings. The molecule has 0 unspecified atom stereocenters. The Balaban J connectivity index is 1.30. The first kappa shape index (κ1) is 19.1. The molecule has 1 N–H and O–H groups in total. The van der Waals surface area contributed by atoms with E-state index in [0.29, 0.717) is 29.0 Å². The predicted molar refractivity (Wildman–Crippen MR) is 110 cm³/mol. The third-order valence-corrected chi connectivity index (χ3v) is 5.31. The number of likely N-dealkylation sites (tertiary alicyclic amines) is 1. The van der Waals surface area contributed by atoms with Crippen LogP contribution >= 0.6 is 0 Å². The number of nitrogens with zero attached hydrogens (tertiary/aromatic N) is 4. The number of rotatable bonds is 6. The summed E-state index contributed by atoms with van der Waals surface area (Å²) >= 11 is 0. The van der Waals surface area contributed by atoms with Gasteiger partial charge < -0.3 is 14.7 Å². The molecule has 0 spiro atoms. The number of pyridine rings is 1. The van der Waals surface area contributed by atoms with Gasteiger partial charge in [-0.05, 0) is 49.8 Å². The number of anilines is 1. The minimum atomic E-state index is 0.0847. The van der Waals surface area contributed by atoms with Crippen LogP contribution in [0.5, 0.6) is 0 Å². The lowest BCUT2D eigenvalue weighted by molar-refractivity contribution is -0.130. The summed E-state index contributed by atoms with van der Waals surface area (Å²) in [5.74, 6) is 2.25. The summed E-state index contributed by atoms with van der Waals surface area (Å²) in [4.78, 5) is 23.2. The number of aromatic nitrogens is 3. The standard InChI is InChI=1S/C22H25N5O2/c1-16-25-22(29-26-16)19-8-5-11-23-21(19)24-15-20(28)27-12-9-18(10-13-27)14-17-6-3-2-4-7-17/h2-8,11,18H,9-10,12-15H2,1H3,(H,23,24).